The zero-order valence-corrected chi connectivity index (χ0v) is 17.0. The predicted octanol–water partition coefficient (Wildman–Crippen LogP) is 3.86. The second-order valence-electron chi connectivity index (χ2n) is 7.21. The number of methoxy groups -OCH3 is 3. The molecule has 0 bridgehead atoms. The van der Waals surface area contributed by atoms with Gasteiger partial charge in [0.25, 0.3) is 0 Å². The quantitative estimate of drug-likeness (QED) is 0.730. The van der Waals surface area contributed by atoms with Crippen molar-refractivity contribution in [3.05, 3.63) is 41.5 Å². The highest BCUT2D eigenvalue weighted by atomic mass is 16.5. The van der Waals surface area contributed by atoms with E-state index in [4.69, 9.17) is 14.2 Å². The standard InChI is InChI=1S/C22H27NO5/c1-23(2)17-9-6-13(10-18(17)24)15-7-8-16(15)21(25)14-11-19(26-3)22(28-5)20(12-14)27-4/h6,9-12,15-16,24H,7-8H2,1-5H3. The molecule has 2 aromatic carbocycles. The van der Waals surface area contributed by atoms with Gasteiger partial charge < -0.3 is 24.2 Å². The molecular weight excluding hydrogens is 358 g/mol. The van der Waals surface area contributed by atoms with Gasteiger partial charge in [0, 0.05) is 25.6 Å². The number of ether oxygens (including phenoxy) is 3. The minimum atomic E-state index is -0.132. The summed E-state index contributed by atoms with van der Waals surface area (Å²) in [7, 11) is 8.37. The Bertz CT molecular complexity index is 852. The van der Waals surface area contributed by atoms with Gasteiger partial charge in [-0.15, -0.1) is 0 Å². The Balaban J connectivity index is 1.88. The molecule has 3 rings (SSSR count). The third-order valence-corrected chi connectivity index (χ3v) is 5.47. The average Bonchev–Trinajstić information content (AvgIpc) is 2.65. The van der Waals surface area contributed by atoms with Crippen LogP contribution in [0.4, 0.5) is 5.69 Å². The van der Waals surface area contributed by atoms with E-state index >= 15 is 0 Å². The van der Waals surface area contributed by atoms with Gasteiger partial charge in [-0.2, -0.15) is 0 Å². The Hall–Kier alpha value is -2.89. The van der Waals surface area contributed by atoms with E-state index in [-0.39, 0.29) is 23.4 Å². The summed E-state index contributed by atoms with van der Waals surface area (Å²) in [5, 5.41) is 10.3. The van der Waals surface area contributed by atoms with Crippen molar-refractivity contribution in [3.8, 4) is 23.0 Å². The number of carbonyl (C=O) groups excluding carboxylic acids is 1. The van der Waals surface area contributed by atoms with E-state index in [1.165, 1.54) is 21.3 Å². The molecule has 0 aliphatic heterocycles. The topological polar surface area (TPSA) is 68.2 Å². The number of rotatable bonds is 7. The predicted molar refractivity (Wildman–Crippen MR) is 108 cm³/mol. The molecule has 2 aromatic rings. The Morgan fingerprint density at radius 2 is 1.64 bits per heavy atom. The lowest BCUT2D eigenvalue weighted by atomic mass is 9.67. The van der Waals surface area contributed by atoms with Crippen LogP contribution in [-0.4, -0.2) is 46.3 Å². The highest BCUT2D eigenvalue weighted by molar-refractivity contribution is 6.00. The van der Waals surface area contributed by atoms with E-state index in [9.17, 15) is 9.90 Å². The van der Waals surface area contributed by atoms with Crippen LogP contribution in [0.2, 0.25) is 0 Å². The second-order valence-corrected chi connectivity index (χ2v) is 7.21. The van der Waals surface area contributed by atoms with Crippen LogP contribution in [0.1, 0.15) is 34.7 Å². The number of Topliss-reactive ketones (excluding diaryl/α,β-unsaturated/α-hetero) is 1. The molecule has 1 N–H and O–H groups in total. The first-order chi connectivity index (χ1) is 13.4. The van der Waals surface area contributed by atoms with Crippen molar-refractivity contribution in [2.45, 2.75) is 18.8 Å². The molecular formula is C22H27NO5. The molecule has 28 heavy (non-hydrogen) atoms. The molecule has 2 unspecified atom stereocenters. The number of hydrogen-bond acceptors (Lipinski definition) is 6. The fraction of sp³-hybridized carbons (Fsp3) is 0.409. The van der Waals surface area contributed by atoms with Crippen LogP contribution in [0.15, 0.2) is 30.3 Å². The third kappa shape index (κ3) is 3.46. The van der Waals surface area contributed by atoms with Gasteiger partial charge >= 0.3 is 0 Å². The summed E-state index contributed by atoms with van der Waals surface area (Å²) < 4.78 is 16.1. The highest BCUT2D eigenvalue weighted by Crippen LogP contribution is 2.47. The number of phenols is 1. The molecule has 0 aromatic heterocycles. The summed E-state index contributed by atoms with van der Waals surface area (Å²) in [5.41, 5.74) is 2.29. The number of phenolic OH excluding ortho intramolecular Hbond substituents is 1. The van der Waals surface area contributed by atoms with Crippen molar-refractivity contribution < 1.29 is 24.1 Å². The zero-order chi connectivity index (χ0) is 20.4. The fourth-order valence-corrected chi connectivity index (χ4v) is 3.80. The first-order valence-corrected chi connectivity index (χ1v) is 9.25. The molecule has 1 aliphatic rings. The van der Waals surface area contributed by atoms with E-state index in [1.54, 1.807) is 18.2 Å². The monoisotopic (exact) mass is 385 g/mol. The number of benzene rings is 2. The Labute approximate surface area is 165 Å². The molecule has 6 heteroatoms. The Kier molecular flexibility index (Phi) is 5.68. The van der Waals surface area contributed by atoms with Crippen molar-refractivity contribution in [1.82, 2.24) is 0 Å². The lowest BCUT2D eigenvalue weighted by molar-refractivity contribution is 0.0818. The number of carbonyl (C=O) groups is 1. The van der Waals surface area contributed by atoms with Crippen LogP contribution in [0.3, 0.4) is 0 Å². The SMILES string of the molecule is COc1cc(C(=O)C2CCC2c2ccc(N(C)C)c(O)c2)cc(OC)c1OC. The minimum absolute atomic E-state index is 0.0479. The van der Waals surface area contributed by atoms with Gasteiger partial charge in [-0.1, -0.05) is 6.07 Å². The van der Waals surface area contributed by atoms with Gasteiger partial charge in [-0.3, -0.25) is 4.79 Å². The maximum atomic E-state index is 13.2. The average molecular weight is 385 g/mol. The first-order valence-electron chi connectivity index (χ1n) is 9.25. The molecule has 0 radical (unpaired) electrons. The minimum Gasteiger partial charge on any atom is -0.506 e. The number of nitrogens with zero attached hydrogens (tertiary/aromatic N) is 1. The van der Waals surface area contributed by atoms with Gasteiger partial charge in [0.2, 0.25) is 5.75 Å². The Morgan fingerprint density at radius 3 is 2.07 bits per heavy atom. The van der Waals surface area contributed by atoms with Crippen LogP contribution in [0.5, 0.6) is 23.0 Å². The molecule has 1 aliphatic carbocycles. The van der Waals surface area contributed by atoms with Crippen molar-refractivity contribution in [3.63, 3.8) is 0 Å². The molecule has 6 nitrogen and oxygen atoms in total. The van der Waals surface area contributed by atoms with Crippen LogP contribution in [-0.2, 0) is 0 Å². The highest BCUT2D eigenvalue weighted by Gasteiger charge is 2.38. The summed E-state index contributed by atoms with van der Waals surface area (Å²) >= 11 is 0. The maximum Gasteiger partial charge on any atom is 0.203 e. The zero-order valence-electron chi connectivity index (χ0n) is 17.0. The molecule has 0 heterocycles. The van der Waals surface area contributed by atoms with Gasteiger partial charge in [0.1, 0.15) is 5.75 Å². The number of aromatic hydroxyl groups is 1. The van der Waals surface area contributed by atoms with Crippen molar-refractivity contribution in [2.75, 3.05) is 40.3 Å². The van der Waals surface area contributed by atoms with Crippen molar-refractivity contribution >= 4 is 11.5 Å². The van der Waals surface area contributed by atoms with Crippen LogP contribution < -0.4 is 19.1 Å². The molecule has 0 saturated heterocycles. The lowest BCUT2D eigenvalue weighted by Crippen LogP contribution is -2.31. The van der Waals surface area contributed by atoms with Gasteiger partial charge in [-0.05, 0) is 48.6 Å². The number of anilines is 1. The second kappa shape index (κ2) is 8.00. The Morgan fingerprint density at radius 1 is 1.00 bits per heavy atom. The summed E-state index contributed by atoms with van der Waals surface area (Å²) in [4.78, 5) is 15.0. The van der Waals surface area contributed by atoms with Crippen LogP contribution >= 0.6 is 0 Å². The summed E-state index contributed by atoms with van der Waals surface area (Å²) in [6.07, 6.45) is 1.73. The molecule has 0 amide bonds. The summed E-state index contributed by atoms with van der Waals surface area (Å²) in [6.45, 7) is 0. The van der Waals surface area contributed by atoms with E-state index in [2.05, 4.69) is 0 Å². The normalized spacial score (nSPS) is 18.2. The molecule has 1 fully saturated rings. The molecule has 1 saturated carbocycles. The van der Waals surface area contributed by atoms with E-state index < -0.39 is 0 Å². The summed E-state index contributed by atoms with van der Waals surface area (Å²) in [6, 6.07) is 9.06. The van der Waals surface area contributed by atoms with E-state index in [0.29, 0.717) is 22.8 Å². The molecule has 150 valence electrons. The molecule has 0 spiro atoms. The molecule has 2 atom stereocenters. The van der Waals surface area contributed by atoms with Gasteiger partial charge in [0.05, 0.1) is 27.0 Å². The van der Waals surface area contributed by atoms with Crippen LogP contribution in [0, 0.1) is 5.92 Å². The first kappa shape index (κ1) is 19.9. The lowest BCUT2D eigenvalue weighted by Gasteiger charge is -2.36. The smallest absolute Gasteiger partial charge is 0.203 e. The van der Waals surface area contributed by atoms with Crippen molar-refractivity contribution in [1.29, 1.82) is 0 Å². The number of hydrogen-bond donors (Lipinski definition) is 1. The van der Waals surface area contributed by atoms with Crippen LogP contribution in [0.25, 0.3) is 0 Å². The van der Waals surface area contributed by atoms with Crippen molar-refractivity contribution in [2.24, 2.45) is 5.92 Å². The fourth-order valence-electron chi connectivity index (χ4n) is 3.80. The maximum absolute atomic E-state index is 13.2. The van der Waals surface area contributed by atoms with E-state index in [0.717, 1.165) is 24.1 Å². The number of ketones is 1. The van der Waals surface area contributed by atoms with Gasteiger partial charge in [0.15, 0.2) is 17.3 Å². The van der Waals surface area contributed by atoms with E-state index in [1.807, 2.05) is 31.1 Å². The van der Waals surface area contributed by atoms with Gasteiger partial charge in [-0.25, -0.2) is 0 Å². The third-order valence-electron chi connectivity index (χ3n) is 5.47. The largest absolute Gasteiger partial charge is 0.506 e. The summed E-state index contributed by atoms with van der Waals surface area (Å²) in [5.74, 6) is 1.64.